The summed E-state index contributed by atoms with van der Waals surface area (Å²) in [6.07, 6.45) is -1.01. The molecule has 2 rings (SSSR count). The highest BCUT2D eigenvalue weighted by atomic mass is 32.2. The van der Waals surface area contributed by atoms with E-state index in [1.54, 1.807) is 51.4 Å². The van der Waals surface area contributed by atoms with E-state index in [0.29, 0.717) is 17.1 Å². The van der Waals surface area contributed by atoms with Gasteiger partial charge in [-0.05, 0) is 6.92 Å². The van der Waals surface area contributed by atoms with Gasteiger partial charge in [0.25, 0.3) is 5.91 Å². The summed E-state index contributed by atoms with van der Waals surface area (Å²) in [5.41, 5.74) is 0.591. The molecule has 0 aliphatic rings. The fourth-order valence-electron chi connectivity index (χ4n) is 2.12. The molecule has 0 fully saturated rings. The number of likely N-dealkylation sites (N-methyl/N-ethyl adjacent to an activating group) is 1. The molecule has 1 heterocycles. The first kappa shape index (κ1) is 20.5. The van der Waals surface area contributed by atoms with Crippen molar-refractivity contribution >= 4 is 35.4 Å². The molecule has 0 radical (unpaired) electrons. The van der Waals surface area contributed by atoms with E-state index >= 15 is 0 Å². The fourth-order valence-corrected chi connectivity index (χ4v) is 2.71. The van der Waals surface area contributed by atoms with E-state index in [-0.39, 0.29) is 23.3 Å². The molecule has 0 aliphatic carbocycles. The molecule has 1 aromatic carbocycles. The molecule has 1 N–H and O–H groups in total. The molecule has 27 heavy (non-hydrogen) atoms. The molecular weight excluding hydrogens is 370 g/mol. The van der Waals surface area contributed by atoms with Gasteiger partial charge in [-0.2, -0.15) is 0 Å². The minimum Gasteiger partial charge on any atom is -0.447 e. The van der Waals surface area contributed by atoms with Crippen LogP contribution in [0, 0.1) is 6.92 Å². The highest BCUT2D eigenvalue weighted by molar-refractivity contribution is 8.00. The zero-order valence-electron chi connectivity index (χ0n) is 15.3. The lowest BCUT2D eigenvalue weighted by atomic mass is 10.1. The van der Waals surface area contributed by atoms with Crippen LogP contribution in [-0.2, 0) is 19.1 Å². The van der Waals surface area contributed by atoms with E-state index in [1.807, 2.05) is 6.07 Å². The van der Waals surface area contributed by atoms with Crippen LogP contribution in [0.5, 0.6) is 0 Å². The number of nitrogens with one attached hydrogen (secondary N) is 1. The molecule has 0 saturated carbocycles. The topological polar surface area (TPSA) is 102 Å². The third-order valence-electron chi connectivity index (χ3n) is 3.37. The number of aromatic nitrogens is 1. The molecule has 0 saturated heterocycles. The summed E-state index contributed by atoms with van der Waals surface area (Å²) >= 11 is 1.08. The van der Waals surface area contributed by atoms with Gasteiger partial charge in [0.2, 0.25) is 12.0 Å². The zero-order valence-corrected chi connectivity index (χ0v) is 16.1. The third-order valence-corrected chi connectivity index (χ3v) is 4.27. The molecule has 0 unspecified atom stereocenters. The fraction of sp³-hybridized carbons (Fsp3) is 0.333. The van der Waals surface area contributed by atoms with Crippen LogP contribution in [0.3, 0.4) is 0 Å². The predicted octanol–water partition coefficient (Wildman–Crippen LogP) is 2.03. The molecule has 0 bridgehead atoms. The number of ether oxygens (including phenoxy) is 1. The number of thioether (sulfide) groups is 1. The van der Waals surface area contributed by atoms with Crippen molar-refractivity contribution in [2.45, 2.75) is 13.0 Å². The molecule has 2 amide bonds. The molecule has 2 aromatic rings. The lowest BCUT2D eigenvalue weighted by molar-refractivity contribution is -0.157. The van der Waals surface area contributed by atoms with Crippen LogP contribution < -0.4 is 5.32 Å². The van der Waals surface area contributed by atoms with Crippen LogP contribution in [-0.4, -0.2) is 53.4 Å². The Hall–Kier alpha value is -2.81. The summed E-state index contributed by atoms with van der Waals surface area (Å²) in [6, 6.07) is 10.4. The van der Waals surface area contributed by atoms with Crippen molar-refractivity contribution in [3.05, 3.63) is 47.7 Å². The zero-order chi connectivity index (χ0) is 19.8. The second-order valence-corrected chi connectivity index (χ2v) is 6.86. The van der Waals surface area contributed by atoms with Gasteiger partial charge in [-0.15, -0.1) is 11.8 Å². The third kappa shape index (κ3) is 6.45. The summed E-state index contributed by atoms with van der Waals surface area (Å²) in [5.74, 6) is -0.341. The number of aryl methyl sites for hydroxylation is 1. The molecule has 0 spiro atoms. The van der Waals surface area contributed by atoms with Crippen molar-refractivity contribution < 1.29 is 23.6 Å². The van der Waals surface area contributed by atoms with Crippen molar-refractivity contribution in [2.75, 3.05) is 30.9 Å². The minimum atomic E-state index is -1.01. The van der Waals surface area contributed by atoms with Crippen LogP contribution >= 0.6 is 11.8 Å². The predicted molar refractivity (Wildman–Crippen MR) is 101 cm³/mol. The Morgan fingerprint density at radius 1 is 1.22 bits per heavy atom. The standard InChI is InChI=1S/C18H21N3O5S/c1-12-9-14(20-26-12)19-15(22)10-27-11-16(23)25-17(18(24)21(2)3)13-7-5-4-6-8-13/h4-9,17H,10-11H2,1-3H3,(H,19,20,22)/t17-/m1/s1. The van der Waals surface area contributed by atoms with Gasteiger partial charge in [0, 0.05) is 25.7 Å². The first-order chi connectivity index (χ1) is 12.9. The summed E-state index contributed by atoms with van der Waals surface area (Å²) in [7, 11) is 3.19. The van der Waals surface area contributed by atoms with E-state index in [0.717, 1.165) is 11.8 Å². The number of amides is 2. The van der Waals surface area contributed by atoms with Gasteiger partial charge in [0.05, 0.1) is 11.5 Å². The summed E-state index contributed by atoms with van der Waals surface area (Å²) in [4.78, 5) is 37.6. The Morgan fingerprint density at radius 3 is 2.52 bits per heavy atom. The van der Waals surface area contributed by atoms with Gasteiger partial charge in [-0.25, -0.2) is 0 Å². The van der Waals surface area contributed by atoms with Gasteiger partial charge >= 0.3 is 5.97 Å². The van der Waals surface area contributed by atoms with Crippen LogP contribution in [0.15, 0.2) is 40.9 Å². The van der Waals surface area contributed by atoms with Gasteiger partial charge in [0.15, 0.2) is 5.82 Å². The number of carbonyl (C=O) groups is 3. The van der Waals surface area contributed by atoms with E-state index in [2.05, 4.69) is 10.5 Å². The van der Waals surface area contributed by atoms with Crippen LogP contribution in [0.1, 0.15) is 17.4 Å². The first-order valence-electron chi connectivity index (χ1n) is 8.13. The molecule has 9 heteroatoms. The molecule has 0 aliphatic heterocycles. The van der Waals surface area contributed by atoms with Crippen molar-refractivity contribution in [1.82, 2.24) is 10.1 Å². The number of benzene rings is 1. The maximum absolute atomic E-state index is 12.3. The molecule has 1 aromatic heterocycles. The van der Waals surface area contributed by atoms with Gasteiger partial charge < -0.3 is 19.5 Å². The van der Waals surface area contributed by atoms with Crippen molar-refractivity contribution in [1.29, 1.82) is 0 Å². The van der Waals surface area contributed by atoms with Crippen molar-refractivity contribution in [3.63, 3.8) is 0 Å². The normalized spacial score (nSPS) is 11.5. The highest BCUT2D eigenvalue weighted by Crippen LogP contribution is 2.20. The lowest BCUT2D eigenvalue weighted by Gasteiger charge is -2.21. The number of carbonyl (C=O) groups excluding carboxylic acids is 3. The molecular formula is C18H21N3O5S. The summed E-state index contributed by atoms with van der Waals surface area (Å²) < 4.78 is 10.2. The Kier molecular flexibility index (Phi) is 7.42. The second-order valence-electron chi connectivity index (χ2n) is 5.88. The summed E-state index contributed by atoms with van der Waals surface area (Å²) in [5, 5.41) is 6.22. The number of nitrogens with zero attached hydrogens (tertiary/aromatic N) is 2. The maximum Gasteiger partial charge on any atom is 0.317 e. The van der Waals surface area contributed by atoms with Gasteiger partial charge in [0.1, 0.15) is 5.76 Å². The summed E-state index contributed by atoms with van der Waals surface area (Å²) in [6.45, 7) is 1.71. The Morgan fingerprint density at radius 2 is 1.93 bits per heavy atom. The SMILES string of the molecule is Cc1cc(NC(=O)CSCC(=O)O[C@@H](C(=O)N(C)C)c2ccccc2)no1. The number of rotatable bonds is 8. The molecule has 1 atom stereocenters. The number of anilines is 1. The van der Waals surface area contributed by atoms with E-state index in [4.69, 9.17) is 9.26 Å². The molecule has 8 nitrogen and oxygen atoms in total. The van der Waals surface area contributed by atoms with E-state index in [9.17, 15) is 14.4 Å². The molecule has 144 valence electrons. The number of esters is 1. The largest absolute Gasteiger partial charge is 0.447 e. The Balaban J connectivity index is 1.84. The second kappa shape index (κ2) is 9.77. The quantitative estimate of drug-likeness (QED) is 0.687. The minimum absolute atomic E-state index is 0.0403. The lowest BCUT2D eigenvalue weighted by Crippen LogP contribution is -2.31. The average Bonchev–Trinajstić information content (AvgIpc) is 3.04. The van der Waals surface area contributed by atoms with Crippen LogP contribution in [0.25, 0.3) is 0 Å². The smallest absolute Gasteiger partial charge is 0.317 e. The monoisotopic (exact) mass is 391 g/mol. The van der Waals surface area contributed by atoms with Crippen molar-refractivity contribution in [3.8, 4) is 0 Å². The van der Waals surface area contributed by atoms with Crippen LogP contribution in [0.4, 0.5) is 5.82 Å². The Bertz CT molecular complexity index is 791. The van der Waals surface area contributed by atoms with Crippen LogP contribution in [0.2, 0.25) is 0 Å². The first-order valence-corrected chi connectivity index (χ1v) is 9.29. The number of hydrogen-bond acceptors (Lipinski definition) is 7. The van der Waals surface area contributed by atoms with Gasteiger partial charge in [-0.3, -0.25) is 14.4 Å². The van der Waals surface area contributed by atoms with Crippen molar-refractivity contribution in [2.24, 2.45) is 0 Å². The van der Waals surface area contributed by atoms with Gasteiger partial charge in [-0.1, -0.05) is 35.5 Å². The highest BCUT2D eigenvalue weighted by Gasteiger charge is 2.26. The van der Waals surface area contributed by atoms with E-state index < -0.39 is 12.1 Å². The van der Waals surface area contributed by atoms with E-state index in [1.165, 1.54) is 4.90 Å². The Labute approximate surface area is 161 Å². The maximum atomic E-state index is 12.3. The number of hydrogen-bond donors (Lipinski definition) is 1. The average molecular weight is 391 g/mol.